The Hall–Kier alpha value is -1.27. The van der Waals surface area contributed by atoms with Crippen LogP contribution in [0.25, 0.3) is 0 Å². The lowest BCUT2D eigenvalue weighted by Gasteiger charge is -2.61. The molecule has 3 heteroatoms. The lowest BCUT2D eigenvalue weighted by atomic mass is 9.46. The molecule has 0 radical (unpaired) electrons. The summed E-state index contributed by atoms with van der Waals surface area (Å²) in [6, 6.07) is 0. The summed E-state index contributed by atoms with van der Waals surface area (Å²) in [6.45, 7) is 4.64. The van der Waals surface area contributed by atoms with E-state index in [1.54, 1.807) is 0 Å². The van der Waals surface area contributed by atoms with Crippen LogP contribution in [0.1, 0.15) is 110 Å². The van der Waals surface area contributed by atoms with Gasteiger partial charge in [0.15, 0.2) is 0 Å². The molecule has 0 aromatic carbocycles. The fourth-order valence-electron chi connectivity index (χ4n) is 9.21. The molecule has 0 aliphatic heterocycles. The average Bonchev–Trinajstić information content (AvgIpc) is 3.15. The Balaban J connectivity index is 1.35. The standard InChI is InChI=1S/C30H44O3/c1-4-22-14-16-25-24-15-13-23-11-8-19-30(32,29(23,3)26(24)18-20-28(22,25)2)33-27(31)17-12-21-9-6-5-7-10-21/h1,13,21-22,24-26,32H,5-12,14-20H2,2-3H3/t22-,24+,25+,26+,28-,29+,30?/m1/s1. The molecule has 1 N–H and O–H groups in total. The molecule has 7 atom stereocenters. The number of allylic oxidation sites excluding steroid dienone is 1. The van der Waals surface area contributed by atoms with Crippen LogP contribution in [0.5, 0.6) is 0 Å². The predicted octanol–water partition coefficient (Wildman–Crippen LogP) is 6.79. The van der Waals surface area contributed by atoms with Crippen molar-refractivity contribution in [1.29, 1.82) is 0 Å². The van der Waals surface area contributed by atoms with Crippen LogP contribution in [0.4, 0.5) is 0 Å². The molecule has 5 aliphatic carbocycles. The van der Waals surface area contributed by atoms with Crippen LogP contribution in [0, 0.1) is 52.8 Å². The number of rotatable bonds is 4. The van der Waals surface area contributed by atoms with E-state index in [2.05, 4.69) is 25.8 Å². The maximum Gasteiger partial charge on any atom is 0.308 e. The summed E-state index contributed by atoms with van der Waals surface area (Å²) in [5, 5.41) is 12.1. The lowest BCUT2D eigenvalue weighted by molar-refractivity contribution is -0.282. The largest absolute Gasteiger partial charge is 0.432 e. The molecular weight excluding hydrogens is 408 g/mol. The van der Waals surface area contributed by atoms with Crippen molar-refractivity contribution in [3.8, 4) is 12.3 Å². The molecule has 0 spiro atoms. The number of terminal acetylenes is 1. The van der Waals surface area contributed by atoms with Crippen molar-refractivity contribution >= 4 is 5.97 Å². The van der Waals surface area contributed by atoms with Crippen molar-refractivity contribution in [1.82, 2.24) is 0 Å². The summed E-state index contributed by atoms with van der Waals surface area (Å²) in [5.74, 6) is 4.08. The highest BCUT2D eigenvalue weighted by molar-refractivity contribution is 5.70. The molecule has 4 fully saturated rings. The summed E-state index contributed by atoms with van der Waals surface area (Å²) in [4.78, 5) is 13.0. The van der Waals surface area contributed by atoms with Gasteiger partial charge in [-0.1, -0.05) is 50.7 Å². The van der Waals surface area contributed by atoms with Crippen LogP contribution in [-0.4, -0.2) is 16.9 Å². The van der Waals surface area contributed by atoms with Crippen molar-refractivity contribution in [2.45, 2.75) is 116 Å². The van der Waals surface area contributed by atoms with Gasteiger partial charge in [-0.05, 0) is 87.4 Å². The zero-order valence-corrected chi connectivity index (χ0v) is 20.9. The Labute approximate surface area is 201 Å². The van der Waals surface area contributed by atoms with Gasteiger partial charge in [-0.2, -0.15) is 0 Å². The van der Waals surface area contributed by atoms with Gasteiger partial charge >= 0.3 is 5.97 Å². The second-order valence-electron chi connectivity index (χ2n) is 12.5. The Morgan fingerprint density at radius 3 is 2.64 bits per heavy atom. The van der Waals surface area contributed by atoms with Gasteiger partial charge < -0.3 is 9.84 Å². The van der Waals surface area contributed by atoms with E-state index in [9.17, 15) is 9.90 Å². The topological polar surface area (TPSA) is 46.5 Å². The number of carbonyl (C=O) groups is 1. The fraction of sp³-hybridized carbons (Fsp3) is 0.833. The minimum absolute atomic E-state index is 0.193. The van der Waals surface area contributed by atoms with Gasteiger partial charge in [-0.3, -0.25) is 4.79 Å². The molecule has 0 aromatic heterocycles. The SMILES string of the molecule is C#C[C@@H]1CC[C@H]2[C@@H]3CC=C4CCCC(O)(OC(=O)CCC5CCCCC5)[C@]4(C)[C@H]3CC[C@]12C. The lowest BCUT2D eigenvalue weighted by Crippen LogP contribution is -2.61. The third-order valence-corrected chi connectivity index (χ3v) is 11.2. The molecule has 0 aromatic rings. The van der Waals surface area contributed by atoms with Crippen LogP contribution in [0.15, 0.2) is 11.6 Å². The highest BCUT2D eigenvalue weighted by atomic mass is 16.7. The van der Waals surface area contributed by atoms with Gasteiger partial charge in [0, 0.05) is 18.8 Å². The van der Waals surface area contributed by atoms with Gasteiger partial charge in [0.1, 0.15) is 0 Å². The monoisotopic (exact) mass is 452 g/mol. The smallest absolute Gasteiger partial charge is 0.308 e. The Kier molecular flexibility index (Phi) is 6.22. The van der Waals surface area contributed by atoms with Crippen molar-refractivity contribution < 1.29 is 14.6 Å². The van der Waals surface area contributed by atoms with Crippen LogP contribution in [-0.2, 0) is 9.53 Å². The van der Waals surface area contributed by atoms with Crippen LogP contribution in [0.3, 0.4) is 0 Å². The van der Waals surface area contributed by atoms with Crippen LogP contribution >= 0.6 is 0 Å². The van der Waals surface area contributed by atoms with E-state index in [4.69, 9.17) is 11.2 Å². The molecule has 5 rings (SSSR count). The first-order chi connectivity index (χ1) is 15.8. The van der Waals surface area contributed by atoms with Crippen molar-refractivity contribution in [2.75, 3.05) is 0 Å². The van der Waals surface area contributed by atoms with E-state index < -0.39 is 11.2 Å². The maximum absolute atomic E-state index is 13.0. The first-order valence-corrected chi connectivity index (χ1v) is 13.9. The normalized spacial score (nSPS) is 45.2. The predicted molar refractivity (Wildman–Crippen MR) is 131 cm³/mol. The summed E-state index contributed by atoms with van der Waals surface area (Å²) < 4.78 is 6.11. The van der Waals surface area contributed by atoms with E-state index in [1.165, 1.54) is 44.1 Å². The second-order valence-corrected chi connectivity index (χ2v) is 12.5. The molecule has 3 nitrogen and oxygen atoms in total. The Morgan fingerprint density at radius 2 is 1.88 bits per heavy atom. The summed E-state index contributed by atoms with van der Waals surface area (Å²) >= 11 is 0. The Bertz CT molecular complexity index is 832. The second kappa shape index (κ2) is 8.75. The van der Waals surface area contributed by atoms with Gasteiger partial charge in [-0.25, -0.2) is 0 Å². The number of hydrogen-bond donors (Lipinski definition) is 1. The Morgan fingerprint density at radius 1 is 1.09 bits per heavy atom. The molecule has 0 amide bonds. The van der Waals surface area contributed by atoms with Crippen molar-refractivity contribution in [2.24, 2.45) is 40.4 Å². The molecule has 5 aliphatic rings. The number of fused-ring (bicyclic) bond motifs is 5. The van der Waals surface area contributed by atoms with Crippen molar-refractivity contribution in [3.05, 3.63) is 11.6 Å². The zero-order valence-electron chi connectivity index (χ0n) is 20.9. The average molecular weight is 453 g/mol. The number of carbonyl (C=O) groups excluding carboxylic acids is 1. The molecule has 0 heterocycles. The molecule has 182 valence electrons. The van der Waals surface area contributed by atoms with Gasteiger partial charge in [0.25, 0.3) is 0 Å². The van der Waals surface area contributed by atoms with E-state index in [0.29, 0.717) is 42.4 Å². The molecule has 1 unspecified atom stereocenters. The number of esters is 1. The number of hydrogen-bond acceptors (Lipinski definition) is 3. The summed E-state index contributed by atoms with van der Waals surface area (Å²) in [6.07, 6.45) is 24.2. The van der Waals surface area contributed by atoms with E-state index in [0.717, 1.165) is 44.9 Å². The highest BCUT2D eigenvalue weighted by Crippen LogP contribution is 2.68. The minimum Gasteiger partial charge on any atom is -0.432 e. The fourth-order valence-corrected chi connectivity index (χ4v) is 9.21. The summed E-state index contributed by atoms with van der Waals surface area (Å²) in [5.41, 5.74) is 1.10. The van der Waals surface area contributed by atoms with Crippen molar-refractivity contribution in [3.63, 3.8) is 0 Å². The van der Waals surface area contributed by atoms with E-state index in [1.807, 2.05) is 0 Å². The third-order valence-electron chi connectivity index (χ3n) is 11.2. The highest BCUT2D eigenvalue weighted by Gasteiger charge is 2.65. The quantitative estimate of drug-likeness (QED) is 0.221. The van der Waals surface area contributed by atoms with Crippen LogP contribution < -0.4 is 0 Å². The molecular formula is C30H44O3. The van der Waals surface area contributed by atoms with Gasteiger partial charge in [-0.15, -0.1) is 12.3 Å². The van der Waals surface area contributed by atoms with Gasteiger partial charge in [0.2, 0.25) is 5.79 Å². The minimum atomic E-state index is -1.37. The number of aliphatic hydroxyl groups is 1. The molecule has 4 saturated carbocycles. The number of ether oxygens (including phenoxy) is 1. The first-order valence-electron chi connectivity index (χ1n) is 13.9. The molecule has 0 bridgehead atoms. The molecule has 33 heavy (non-hydrogen) atoms. The zero-order chi connectivity index (χ0) is 23.3. The van der Waals surface area contributed by atoms with Gasteiger partial charge in [0.05, 0.1) is 5.41 Å². The van der Waals surface area contributed by atoms with E-state index >= 15 is 0 Å². The van der Waals surface area contributed by atoms with Crippen LogP contribution in [0.2, 0.25) is 0 Å². The summed E-state index contributed by atoms with van der Waals surface area (Å²) in [7, 11) is 0. The maximum atomic E-state index is 13.0. The third kappa shape index (κ3) is 3.71. The first kappa shape index (κ1) is 23.5. The van der Waals surface area contributed by atoms with E-state index in [-0.39, 0.29) is 11.4 Å². The molecule has 0 saturated heterocycles.